The van der Waals surface area contributed by atoms with Gasteiger partial charge in [-0.05, 0) is 6.07 Å². The fraction of sp³-hybridized carbons (Fsp3) is 0.500. The number of thioether (sulfide) groups is 1. The molecule has 1 aliphatic rings. The molecule has 0 bridgehead atoms. The molecule has 1 N–H and O–H groups in total. The Morgan fingerprint density at radius 1 is 1.47 bits per heavy atom. The summed E-state index contributed by atoms with van der Waals surface area (Å²) in [6, 6.07) is 1.35. The highest BCUT2D eigenvalue weighted by Gasteiger charge is 2.15. The van der Waals surface area contributed by atoms with Gasteiger partial charge in [-0.25, -0.2) is 9.37 Å². The topological polar surface area (TPSA) is 36.4 Å². The van der Waals surface area contributed by atoms with Crippen LogP contribution in [-0.4, -0.2) is 34.7 Å². The second-order valence-electron chi connectivity index (χ2n) is 3.39. The van der Waals surface area contributed by atoms with Gasteiger partial charge in [-0.15, -0.1) is 0 Å². The molecule has 0 saturated carbocycles. The van der Waals surface area contributed by atoms with E-state index < -0.39 is 5.82 Å². The summed E-state index contributed by atoms with van der Waals surface area (Å²) in [5.41, 5.74) is 0.571. The maximum absolute atomic E-state index is 12.9. The highest BCUT2D eigenvalue weighted by atomic mass is 32.2. The van der Waals surface area contributed by atoms with Crippen LogP contribution < -0.4 is 4.90 Å². The minimum atomic E-state index is -0.394. The third-order valence-corrected chi connectivity index (χ3v) is 3.33. The second kappa shape index (κ2) is 4.81. The van der Waals surface area contributed by atoms with E-state index in [4.69, 9.17) is 5.11 Å². The number of aliphatic hydroxyl groups excluding tert-OH is 1. The molecule has 1 aromatic heterocycles. The Morgan fingerprint density at radius 2 is 2.20 bits per heavy atom. The van der Waals surface area contributed by atoms with Crippen LogP contribution in [0.3, 0.4) is 0 Å². The summed E-state index contributed by atoms with van der Waals surface area (Å²) < 4.78 is 12.9. The van der Waals surface area contributed by atoms with Crippen LogP contribution in [0.25, 0.3) is 0 Å². The quantitative estimate of drug-likeness (QED) is 0.827. The van der Waals surface area contributed by atoms with Gasteiger partial charge in [-0.3, -0.25) is 0 Å². The molecule has 82 valence electrons. The Labute approximate surface area is 92.3 Å². The normalized spacial score (nSPS) is 16.8. The van der Waals surface area contributed by atoms with Crippen LogP contribution in [0, 0.1) is 5.82 Å². The van der Waals surface area contributed by atoms with Crippen molar-refractivity contribution in [3.05, 3.63) is 23.6 Å². The van der Waals surface area contributed by atoms with Crippen molar-refractivity contribution in [3.63, 3.8) is 0 Å². The fourth-order valence-corrected chi connectivity index (χ4v) is 2.55. The zero-order chi connectivity index (χ0) is 10.7. The average molecular weight is 228 g/mol. The maximum Gasteiger partial charge on any atom is 0.142 e. The minimum Gasteiger partial charge on any atom is -0.392 e. The molecule has 1 saturated heterocycles. The molecule has 1 aromatic rings. The summed E-state index contributed by atoms with van der Waals surface area (Å²) in [5.74, 6) is 2.45. The highest BCUT2D eigenvalue weighted by Crippen LogP contribution is 2.21. The molecule has 3 nitrogen and oxygen atoms in total. The van der Waals surface area contributed by atoms with Crippen molar-refractivity contribution in [2.24, 2.45) is 0 Å². The number of hydrogen-bond acceptors (Lipinski definition) is 4. The number of halogens is 1. The number of anilines is 1. The molecule has 0 aromatic carbocycles. The van der Waals surface area contributed by atoms with Gasteiger partial charge in [0.1, 0.15) is 11.6 Å². The van der Waals surface area contributed by atoms with Crippen LogP contribution in [0.5, 0.6) is 0 Å². The van der Waals surface area contributed by atoms with Crippen molar-refractivity contribution in [2.75, 3.05) is 29.5 Å². The molecule has 15 heavy (non-hydrogen) atoms. The Kier molecular flexibility index (Phi) is 3.43. The summed E-state index contributed by atoms with van der Waals surface area (Å²) in [4.78, 5) is 6.15. The first-order valence-electron chi connectivity index (χ1n) is 4.89. The van der Waals surface area contributed by atoms with Gasteiger partial charge in [0, 0.05) is 30.2 Å². The predicted octanol–water partition coefficient (Wildman–Crippen LogP) is 1.27. The van der Waals surface area contributed by atoms with Gasteiger partial charge in [0.05, 0.1) is 12.8 Å². The van der Waals surface area contributed by atoms with Crippen molar-refractivity contribution in [3.8, 4) is 0 Å². The average Bonchev–Trinajstić information content (AvgIpc) is 2.30. The highest BCUT2D eigenvalue weighted by molar-refractivity contribution is 7.99. The van der Waals surface area contributed by atoms with E-state index in [1.807, 2.05) is 11.8 Å². The Hall–Kier alpha value is -0.810. The van der Waals surface area contributed by atoms with Crippen LogP contribution in [0.4, 0.5) is 10.2 Å². The zero-order valence-corrected chi connectivity index (χ0v) is 9.13. The molecule has 1 fully saturated rings. The van der Waals surface area contributed by atoms with Crippen molar-refractivity contribution in [1.82, 2.24) is 4.98 Å². The first-order valence-corrected chi connectivity index (χ1v) is 6.04. The van der Waals surface area contributed by atoms with Crippen LogP contribution in [0.15, 0.2) is 12.3 Å². The van der Waals surface area contributed by atoms with Gasteiger partial charge in [-0.2, -0.15) is 11.8 Å². The maximum atomic E-state index is 12.9. The zero-order valence-electron chi connectivity index (χ0n) is 8.32. The molecule has 0 aliphatic carbocycles. The molecule has 2 heterocycles. The van der Waals surface area contributed by atoms with Gasteiger partial charge in [0.25, 0.3) is 0 Å². The van der Waals surface area contributed by atoms with Crippen LogP contribution in [-0.2, 0) is 6.61 Å². The first-order chi connectivity index (χ1) is 7.31. The monoisotopic (exact) mass is 228 g/mol. The number of hydrogen-bond donors (Lipinski definition) is 1. The number of aromatic nitrogens is 1. The SMILES string of the molecule is OCc1cc(F)cnc1N1CCSCC1. The van der Waals surface area contributed by atoms with E-state index in [9.17, 15) is 4.39 Å². The predicted molar refractivity (Wildman–Crippen MR) is 59.7 cm³/mol. The van der Waals surface area contributed by atoms with Gasteiger partial charge in [-0.1, -0.05) is 0 Å². The second-order valence-corrected chi connectivity index (χ2v) is 4.62. The molecular formula is C10H13FN2OS. The van der Waals surface area contributed by atoms with Crippen LogP contribution in [0.1, 0.15) is 5.56 Å². The van der Waals surface area contributed by atoms with E-state index in [0.29, 0.717) is 5.56 Å². The Balaban J connectivity index is 2.25. The molecular weight excluding hydrogens is 215 g/mol. The van der Waals surface area contributed by atoms with Crippen molar-refractivity contribution in [2.45, 2.75) is 6.61 Å². The summed E-state index contributed by atoms with van der Waals surface area (Å²) in [6.45, 7) is 1.66. The molecule has 0 unspecified atom stereocenters. The smallest absolute Gasteiger partial charge is 0.142 e. The lowest BCUT2D eigenvalue weighted by molar-refractivity contribution is 0.281. The van der Waals surface area contributed by atoms with E-state index in [-0.39, 0.29) is 6.61 Å². The lowest BCUT2D eigenvalue weighted by Crippen LogP contribution is -2.33. The molecule has 1 aliphatic heterocycles. The largest absolute Gasteiger partial charge is 0.392 e. The fourth-order valence-electron chi connectivity index (χ4n) is 1.65. The van der Waals surface area contributed by atoms with E-state index in [0.717, 1.165) is 30.4 Å². The third-order valence-electron chi connectivity index (χ3n) is 2.39. The van der Waals surface area contributed by atoms with E-state index in [1.165, 1.54) is 12.3 Å². The molecule has 5 heteroatoms. The lowest BCUT2D eigenvalue weighted by atomic mass is 10.2. The molecule has 2 rings (SSSR count). The number of aliphatic hydroxyl groups is 1. The van der Waals surface area contributed by atoms with Gasteiger partial charge < -0.3 is 10.0 Å². The van der Waals surface area contributed by atoms with E-state index in [1.54, 1.807) is 0 Å². The summed E-state index contributed by atoms with van der Waals surface area (Å²) >= 11 is 1.90. The van der Waals surface area contributed by atoms with E-state index in [2.05, 4.69) is 9.88 Å². The van der Waals surface area contributed by atoms with Crippen molar-refractivity contribution < 1.29 is 9.50 Å². The Bertz CT molecular complexity index is 342. The standard InChI is InChI=1S/C10H13FN2OS/c11-9-5-8(7-14)10(12-6-9)13-1-3-15-4-2-13/h5-6,14H,1-4,7H2. The van der Waals surface area contributed by atoms with Crippen LogP contribution >= 0.6 is 11.8 Å². The van der Waals surface area contributed by atoms with Crippen molar-refractivity contribution >= 4 is 17.6 Å². The van der Waals surface area contributed by atoms with Crippen molar-refractivity contribution in [1.29, 1.82) is 0 Å². The summed E-state index contributed by atoms with van der Waals surface area (Å²) in [5, 5.41) is 9.13. The van der Waals surface area contributed by atoms with Gasteiger partial charge >= 0.3 is 0 Å². The summed E-state index contributed by atoms with van der Waals surface area (Å²) in [7, 11) is 0. The number of pyridine rings is 1. The Morgan fingerprint density at radius 3 is 2.87 bits per heavy atom. The number of nitrogens with zero attached hydrogens (tertiary/aromatic N) is 2. The van der Waals surface area contributed by atoms with Gasteiger partial charge in [0.15, 0.2) is 0 Å². The van der Waals surface area contributed by atoms with Crippen LogP contribution in [0.2, 0.25) is 0 Å². The van der Waals surface area contributed by atoms with Gasteiger partial charge in [0.2, 0.25) is 0 Å². The van der Waals surface area contributed by atoms with E-state index >= 15 is 0 Å². The first kappa shape index (κ1) is 10.7. The third kappa shape index (κ3) is 2.41. The lowest BCUT2D eigenvalue weighted by Gasteiger charge is -2.28. The molecule has 0 atom stereocenters. The molecule has 0 radical (unpaired) electrons. The number of rotatable bonds is 2. The molecule has 0 spiro atoms. The summed E-state index contributed by atoms with van der Waals surface area (Å²) in [6.07, 6.45) is 1.20. The molecule has 0 amide bonds. The minimum absolute atomic E-state index is 0.163.